The van der Waals surface area contributed by atoms with E-state index in [1.54, 1.807) is 24.6 Å². The van der Waals surface area contributed by atoms with Gasteiger partial charge in [-0.05, 0) is 37.3 Å². The number of carbonyl (C=O) groups excluding carboxylic acids is 2. The molecule has 0 saturated heterocycles. The van der Waals surface area contributed by atoms with Gasteiger partial charge in [-0.3, -0.25) is 14.9 Å². The van der Waals surface area contributed by atoms with Crippen LogP contribution in [0.25, 0.3) is 0 Å². The second kappa shape index (κ2) is 9.86. The number of amides is 1. The number of anilines is 1. The van der Waals surface area contributed by atoms with E-state index in [2.05, 4.69) is 22.4 Å². The van der Waals surface area contributed by atoms with E-state index in [1.807, 2.05) is 18.2 Å². The van der Waals surface area contributed by atoms with Gasteiger partial charge in [-0.25, -0.2) is 4.98 Å². The lowest BCUT2D eigenvalue weighted by Crippen LogP contribution is -2.28. The van der Waals surface area contributed by atoms with Crippen molar-refractivity contribution in [2.24, 2.45) is 11.7 Å². The van der Waals surface area contributed by atoms with Crippen LogP contribution in [0.5, 0.6) is 0 Å². The second-order valence-electron chi connectivity index (χ2n) is 5.93. The Hall–Kier alpha value is -2.31. The van der Waals surface area contributed by atoms with E-state index in [0.29, 0.717) is 11.6 Å². The molecule has 0 fully saturated rings. The van der Waals surface area contributed by atoms with E-state index in [-0.39, 0.29) is 17.6 Å². The first-order valence-electron chi connectivity index (χ1n) is 8.25. The number of rotatable bonds is 9. The fourth-order valence-electron chi connectivity index (χ4n) is 2.36. The third kappa shape index (κ3) is 6.99. The molecule has 1 heterocycles. The molecule has 0 saturated carbocycles. The fraction of sp³-hybridized carbons (Fsp3) is 0.316. The van der Waals surface area contributed by atoms with Crippen LogP contribution in [0.3, 0.4) is 0 Å². The quantitative estimate of drug-likeness (QED) is 0.675. The molecule has 132 valence electrons. The number of aryl methyl sites for hydroxylation is 1. The highest BCUT2D eigenvalue weighted by Gasteiger charge is 2.15. The minimum absolute atomic E-state index is 0.00282. The predicted octanol–water partition coefficient (Wildman–Crippen LogP) is 3.19. The van der Waals surface area contributed by atoms with Crippen molar-refractivity contribution in [2.45, 2.75) is 32.2 Å². The zero-order valence-electron chi connectivity index (χ0n) is 14.2. The zero-order valence-corrected chi connectivity index (χ0v) is 15.0. The Bertz CT molecular complexity index is 697. The lowest BCUT2D eigenvalue weighted by atomic mass is 9.92. The van der Waals surface area contributed by atoms with Gasteiger partial charge >= 0.3 is 0 Å². The summed E-state index contributed by atoms with van der Waals surface area (Å²) in [6.45, 7) is 1.69. The Labute approximate surface area is 152 Å². The van der Waals surface area contributed by atoms with Crippen molar-refractivity contribution in [3.05, 3.63) is 59.6 Å². The molecule has 1 aromatic carbocycles. The SMILES string of the molecule is C[C@H](N)C(=O)C[C@H](/C=C/C(=O)Nc1nccs1)CCc1ccccc1. The highest BCUT2D eigenvalue weighted by molar-refractivity contribution is 7.13. The molecule has 0 bridgehead atoms. The van der Waals surface area contributed by atoms with Gasteiger partial charge in [0.05, 0.1) is 6.04 Å². The lowest BCUT2D eigenvalue weighted by molar-refractivity contribution is -0.120. The molecule has 5 nitrogen and oxygen atoms in total. The largest absolute Gasteiger partial charge is 0.322 e. The Morgan fingerprint density at radius 2 is 2.08 bits per heavy atom. The number of ketones is 1. The summed E-state index contributed by atoms with van der Waals surface area (Å²) in [5, 5.41) is 5.05. The van der Waals surface area contributed by atoms with Crippen LogP contribution in [-0.2, 0) is 16.0 Å². The van der Waals surface area contributed by atoms with E-state index in [1.165, 1.54) is 23.0 Å². The first-order chi connectivity index (χ1) is 12.0. The van der Waals surface area contributed by atoms with Gasteiger partial charge < -0.3 is 5.73 Å². The number of nitrogens with two attached hydrogens (primary N) is 1. The molecule has 1 aromatic heterocycles. The summed E-state index contributed by atoms with van der Waals surface area (Å²) in [6.07, 6.45) is 6.87. The monoisotopic (exact) mass is 357 g/mol. The van der Waals surface area contributed by atoms with Gasteiger partial charge in [-0.15, -0.1) is 11.3 Å². The van der Waals surface area contributed by atoms with Gasteiger partial charge in [0.1, 0.15) is 5.78 Å². The first-order valence-corrected chi connectivity index (χ1v) is 9.13. The third-order valence-corrected chi connectivity index (χ3v) is 4.49. The van der Waals surface area contributed by atoms with Gasteiger partial charge in [0.25, 0.3) is 0 Å². The Morgan fingerprint density at radius 1 is 1.32 bits per heavy atom. The van der Waals surface area contributed by atoms with Crippen LogP contribution in [0.4, 0.5) is 5.13 Å². The summed E-state index contributed by atoms with van der Waals surface area (Å²) in [6, 6.07) is 9.59. The highest BCUT2D eigenvalue weighted by Crippen LogP contribution is 2.17. The standard InChI is InChI=1S/C19H23N3O2S/c1-14(20)17(23)13-16(8-7-15-5-3-2-4-6-15)9-10-18(24)22-19-21-11-12-25-19/h2-6,9-12,14,16H,7-8,13,20H2,1H3,(H,21,22,24)/b10-9+/t14-,16-/m0/s1. The molecule has 2 rings (SSSR count). The number of aromatic nitrogens is 1. The smallest absolute Gasteiger partial charge is 0.249 e. The van der Waals surface area contributed by atoms with E-state index in [9.17, 15) is 9.59 Å². The maximum Gasteiger partial charge on any atom is 0.249 e. The van der Waals surface area contributed by atoms with Crippen molar-refractivity contribution in [2.75, 3.05) is 5.32 Å². The van der Waals surface area contributed by atoms with Crippen LogP contribution in [-0.4, -0.2) is 22.7 Å². The van der Waals surface area contributed by atoms with E-state index in [4.69, 9.17) is 5.73 Å². The molecular formula is C19H23N3O2S. The summed E-state index contributed by atoms with van der Waals surface area (Å²) in [5.41, 5.74) is 6.89. The number of Topliss-reactive ketones (excluding diaryl/α,β-unsaturated/α-hetero) is 1. The zero-order chi connectivity index (χ0) is 18.1. The number of allylic oxidation sites excluding steroid dienone is 1. The summed E-state index contributed by atoms with van der Waals surface area (Å²) >= 11 is 1.36. The van der Waals surface area contributed by atoms with E-state index < -0.39 is 6.04 Å². The summed E-state index contributed by atoms with van der Waals surface area (Å²) in [5.74, 6) is -0.267. The van der Waals surface area contributed by atoms with Gasteiger partial charge in [0.15, 0.2) is 5.13 Å². The molecule has 2 atom stereocenters. The number of thiazole rings is 1. The molecule has 1 amide bonds. The van der Waals surface area contributed by atoms with E-state index >= 15 is 0 Å². The first kappa shape index (κ1) is 19.0. The molecule has 0 radical (unpaired) electrons. The van der Waals surface area contributed by atoms with Crippen molar-refractivity contribution >= 4 is 28.2 Å². The predicted molar refractivity (Wildman–Crippen MR) is 101 cm³/mol. The van der Waals surface area contributed by atoms with Crippen LogP contribution in [0.2, 0.25) is 0 Å². The summed E-state index contributed by atoms with van der Waals surface area (Å²) < 4.78 is 0. The highest BCUT2D eigenvalue weighted by atomic mass is 32.1. The minimum atomic E-state index is -0.489. The third-order valence-electron chi connectivity index (χ3n) is 3.80. The molecule has 25 heavy (non-hydrogen) atoms. The number of carbonyl (C=O) groups is 2. The minimum Gasteiger partial charge on any atom is -0.322 e. The number of nitrogens with one attached hydrogen (secondary N) is 1. The molecule has 6 heteroatoms. The van der Waals surface area contributed by atoms with Crippen LogP contribution >= 0.6 is 11.3 Å². The average molecular weight is 357 g/mol. The maximum atomic E-state index is 12.0. The maximum absolute atomic E-state index is 12.0. The second-order valence-corrected chi connectivity index (χ2v) is 6.82. The van der Waals surface area contributed by atoms with Crippen LogP contribution in [0.1, 0.15) is 25.3 Å². The molecule has 0 aliphatic heterocycles. The van der Waals surface area contributed by atoms with Crippen LogP contribution in [0, 0.1) is 5.92 Å². The van der Waals surface area contributed by atoms with Gasteiger partial charge in [0, 0.05) is 18.0 Å². The normalized spacial score (nSPS) is 13.5. The van der Waals surface area contributed by atoms with Gasteiger partial charge in [0.2, 0.25) is 5.91 Å². The Balaban J connectivity index is 1.96. The summed E-state index contributed by atoms with van der Waals surface area (Å²) in [7, 11) is 0. The molecule has 0 spiro atoms. The van der Waals surface area contributed by atoms with Crippen molar-refractivity contribution in [1.29, 1.82) is 0 Å². The lowest BCUT2D eigenvalue weighted by Gasteiger charge is -2.13. The Kier molecular flexibility index (Phi) is 7.50. The van der Waals surface area contributed by atoms with Gasteiger partial charge in [-0.1, -0.05) is 36.4 Å². The van der Waals surface area contributed by atoms with Crippen LogP contribution in [0.15, 0.2) is 54.1 Å². The molecule has 2 aromatic rings. The molecule has 3 N–H and O–H groups in total. The van der Waals surface area contributed by atoms with Crippen molar-refractivity contribution in [1.82, 2.24) is 4.98 Å². The van der Waals surface area contributed by atoms with Crippen molar-refractivity contribution in [3.63, 3.8) is 0 Å². The number of hydrogen-bond donors (Lipinski definition) is 2. The van der Waals surface area contributed by atoms with Crippen LogP contribution < -0.4 is 11.1 Å². The number of hydrogen-bond acceptors (Lipinski definition) is 5. The number of nitrogens with zero attached hydrogens (tertiary/aromatic N) is 1. The van der Waals surface area contributed by atoms with Gasteiger partial charge in [-0.2, -0.15) is 0 Å². The Morgan fingerprint density at radius 3 is 2.72 bits per heavy atom. The van der Waals surface area contributed by atoms with E-state index in [0.717, 1.165) is 12.8 Å². The topological polar surface area (TPSA) is 85.1 Å². The summed E-state index contributed by atoms with van der Waals surface area (Å²) in [4.78, 5) is 28.0. The average Bonchev–Trinajstić information content (AvgIpc) is 3.10. The number of benzene rings is 1. The molecular weight excluding hydrogens is 334 g/mol. The molecule has 0 aliphatic rings. The molecule has 0 unspecified atom stereocenters. The fourth-order valence-corrected chi connectivity index (χ4v) is 2.89. The molecule has 0 aliphatic carbocycles. The van der Waals surface area contributed by atoms with Crippen molar-refractivity contribution < 1.29 is 9.59 Å². The van der Waals surface area contributed by atoms with Crippen molar-refractivity contribution in [3.8, 4) is 0 Å².